The third kappa shape index (κ3) is 4.56. The van der Waals surface area contributed by atoms with E-state index in [4.69, 9.17) is 15.0 Å². The molecule has 1 aliphatic heterocycles. The molecule has 6 atom stereocenters. The van der Waals surface area contributed by atoms with Crippen molar-refractivity contribution >= 4 is 32.7 Å². The van der Waals surface area contributed by atoms with Gasteiger partial charge in [0, 0.05) is 18.3 Å². The van der Waals surface area contributed by atoms with Crippen molar-refractivity contribution in [3.8, 4) is 0 Å². The van der Waals surface area contributed by atoms with Gasteiger partial charge in [0.05, 0.1) is 19.8 Å². The SMILES string of the molecule is CC1C(COP(=O)(O)OP(=O)(O)n2cccc2)OC([n+]2cn(C)c3c(=O)[nH]c(N)nc32)C1C. The number of phosphoric acid groups is 1. The summed E-state index contributed by atoms with van der Waals surface area (Å²) in [6.45, 7) is 3.42. The molecule has 0 spiro atoms. The van der Waals surface area contributed by atoms with E-state index in [1.807, 2.05) is 13.8 Å². The lowest BCUT2D eigenvalue weighted by molar-refractivity contribution is -0.745. The maximum absolute atomic E-state index is 12.3. The normalized spacial score (nSPS) is 26.9. The second-order valence-corrected chi connectivity index (χ2v) is 11.2. The lowest BCUT2D eigenvalue weighted by Crippen LogP contribution is -2.42. The Morgan fingerprint density at radius 2 is 1.94 bits per heavy atom. The van der Waals surface area contributed by atoms with Crippen LogP contribution in [0.25, 0.3) is 11.2 Å². The molecule has 1 fully saturated rings. The number of nitrogens with two attached hydrogens (primary N) is 1. The number of nitrogen functional groups attached to an aromatic ring is 1. The molecule has 6 unspecified atom stereocenters. The molecule has 3 aromatic heterocycles. The molecule has 0 bridgehead atoms. The number of nitrogens with one attached hydrogen (secondary N) is 1. The molecule has 0 amide bonds. The molecule has 1 saturated heterocycles. The Kier molecular flexibility index (Phi) is 6.12. The van der Waals surface area contributed by atoms with E-state index in [2.05, 4.69) is 14.3 Å². The maximum Gasteiger partial charge on any atom is 0.480 e. The summed E-state index contributed by atoms with van der Waals surface area (Å²) in [5.74, 6) is -0.303. The molecule has 4 rings (SSSR count). The topological polar surface area (TPSA) is 188 Å². The monoisotopic (exact) mass is 503 g/mol. The molecular formula is C17H25N6O8P2+. The number of nitrogens with zero attached hydrogens (tertiary/aromatic N) is 4. The van der Waals surface area contributed by atoms with Gasteiger partial charge in [-0.1, -0.05) is 18.8 Å². The first-order valence-electron chi connectivity index (χ1n) is 9.96. The molecule has 33 heavy (non-hydrogen) atoms. The summed E-state index contributed by atoms with van der Waals surface area (Å²) in [5.41, 5.74) is 5.94. The summed E-state index contributed by atoms with van der Waals surface area (Å²) >= 11 is 0. The first-order valence-corrected chi connectivity index (χ1v) is 13.0. The molecule has 0 aromatic carbocycles. The number of fused-ring (bicyclic) bond motifs is 1. The number of imidazole rings is 1. The summed E-state index contributed by atoms with van der Waals surface area (Å²) in [6, 6.07) is 2.93. The van der Waals surface area contributed by atoms with Crippen LogP contribution in [-0.4, -0.2) is 41.4 Å². The van der Waals surface area contributed by atoms with Crippen molar-refractivity contribution in [2.24, 2.45) is 18.9 Å². The number of hydrogen-bond acceptors (Lipinski definition) is 8. The van der Waals surface area contributed by atoms with Gasteiger partial charge in [-0.2, -0.15) is 4.31 Å². The molecular weight excluding hydrogens is 478 g/mol. The smallest absolute Gasteiger partial charge is 0.355 e. The highest BCUT2D eigenvalue weighted by atomic mass is 31.3. The highest BCUT2D eigenvalue weighted by Crippen LogP contribution is 2.60. The molecule has 4 heterocycles. The molecule has 3 aromatic rings. The van der Waals surface area contributed by atoms with Gasteiger partial charge >= 0.3 is 21.2 Å². The Morgan fingerprint density at radius 3 is 2.61 bits per heavy atom. The van der Waals surface area contributed by atoms with Crippen LogP contribution >= 0.6 is 15.6 Å². The van der Waals surface area contributed by atoms with Gasteiger partial charge in [0.25, 0.3) is 11.5 Å². The van der Waals surface area contributed by atoms with Gasteiger partial charge in [0.2, 0.25) is 5.52 Å². The van der Waals surface area contributed by atoms with Crippen LogP contribution in [0.15, 0.2) is 35.6 Å². The Labute approximate surface area is 187 Å². The van der Waals surface area contributed by atoms with Gasteiger partial charge in [0.15, 0.2) is 12.6 Å². The number of aromatic amines is 1. The minimum Gasteiger partial charge on any atom is -0.355 e. The largest absolute Gasteiger partial charge is 0.480 e. The van der Waals surface area contributed by atoms with E-state index in [9.17, 15) is 23.7 Å². The van der Waals surface area contributed by atoms with E-state index in [0.717, 1.165) is 4.34 Å². The fourth-order valence-corrected chi connectivity index (χ4v) is 6.28. The Balaban J connectivity index is 1.51. The number of phosphoric ester groups is 1. The molecule has 14 nitrogen and oxygen atoms in total. The maximum atomic E-state index is 12.3. The van der Waals surface area contributed by atoms with Crippen LogP contribution < -0.4 is 15.9 Å². The molecule has 0 radical (unpaired) electrons. The second-order valence-electron chi connectivity index (χ2n) is 7.94. The zero-order chi connectivity index (χ0) is 24.1. The van der Waals surface area contributed by atoms with Gasteiger partial charge < -0.3 is 20.3 Å². The molecule has 0 aliphatic carbocycles. The Hall–Kier alpha value is -2.31. The highest BCUT2D eigenvalue weighted by Gasteiger charge is 2.45. The Morgan fingerprint density at radius 1 is 1.27 bits per heavy atom. The van der Waals surface area contributed by atoms with Crippen molar-refractivity contribution < 1.29 is 37.1 Å². The van der Waals surface area contributed by atoms with Crippen LogP contribution in [0.5, 0.6) is 0 Å². The Bertz CT molecular complexity index is 1320. The molecule has 180 valence electrons. The summed E-state index contributed by atoms with van der Waals surface area (Å²) in [6.07, 6.45) is 2.88. The first kappa shape index (κ1) is 23.8. The summed E-state index contributed by atoms with van der Waals surface area (Å²) < 4.78 is 44.2. The van der Waals surface area contributed by atoms with Crippen LogP contribution in [-0.2, 0) is 29.7 Å². The molecule has 0 saturated carbocycles. The zero-order valence-corrected chi connectivity index (χ0v) is 19.8. The van der Waals surface area contributed by atoms with E-state index < -0.39 is 33.5 Å². The van der Waals surface area contributed by atoms with Crippen molar-refractivity contribution in [2.75, 3.05) is 12.3 Å². The molecule has 1 aliphatic rings. The minimum atomic E-state index is -4.89. The van der Waals surface area contributed by atoms with Gasteiger partial charge in [-0.15, -0.1) is 0 Å². The average Bonchev–Trinajstić information content (AvgIpc) is 3.41. The van der Waals surface area contributed by atoms with Crippen LogP contribution in [0.2, 0.25) is 0 Å². The fraction of sp³-hybridized carbons (Fsp3) is 0.471. The first-order chi connectivity index (χ1) is 15.4. The number of ether oxygens (including phenoxy) is 1. The number of aromatic nitrogens is 5. The van der Waals surface area contributed by atoms with Crippen LogP contribution in [0.3, 0.4) is 0 Å². The third-order valence-electron chi connectivity index (χ3n) is 5.74. The lowest BCUT2D eigenvalue weighted by Gasteiger charge is -2.20. The average molecular weight is 503 g/mol. The quantitative estimate of drug-likeness (QED) is 0.266. The predicted octanol–water partition coefficient (Wildman–Crippen LogP) is 0.885. The summed E-state index contributed by atoms with van der Waals surface area (Å²) in [7, 11) is -7.83. The highest BCUT2D eigenvalue weighted by molar-refractivity contribution is 7.63. The van der Waals surface area contributed by atoms with Gasteiger partial charge in [-0.3, -0.25) is 23.2 Å². The van der Waals surface area contributed by atoms with Crippen molar-refractivity contribution in [1.29, 1.82) is 0 Å². The van der Waals surface area contributed by atoms with Crippen LogP contribution in [0.4, 0.5) is 5.95 Å². The van der Waals surface area contributed by atoms with E-state index in [1.165, 1.54) is 24.5 Å². The van der Waals surface area contributed by atoms with Gasteiger partial charge in [-0.05, 0) is 18.1 Å². The van der Waals surface area contributed by atoms with Crippen molar-refractivity contribution in [3.05, 3.63) is 41.2 Å². The number of H-pyrrole nitrogens is 1. The van der Waals surface area contributed by atoms with Crippen molar-refractivity contribution in [3.63, 3.8) is 0 Å². The lowest BCUT2D eigenvalue weighted by atomic mass is 9.93. The second kappa shape index (κ2) is 8.48. The minimum absolute atomic E-state index is 0.0412. The fourth-order valence-electron chi connectivity index (χ4n) is 3.85. The standard InChI is InChI=1S/C17H24N6O8P2/c1-10-11(2)16(23-9-21(3)13-14(23)19-17(18)20-15(13)24)30-12(10)8-29-33(27,28)31-32(25,26)22-6-4-5-7-22/h4-7,9-12,16H,8H2,1-3H3,(H4-,18,19,20,24,25,26,27,28)/p+1. The van der Waals surface area contributed by atoms with E-state index in [0.29, 0.717) is 11.2 Å². The van der Waals surface area contributed by atoms with Crippen molar-refractivity contribution in [2.45, 2.75) is 26.2 Å². The van der Waals surface area contributed by atoms with Gasteiger partial charge in [-0.25, -0.2) is 13.7 Å². The van der Waals surface area contributed by atoms with E-state index in [1.54, 1.807) is 22.5 Å². The van der Waals surface area contributed by atoms with Crippen LogP contribution in [0, 0.1) is 11.8 Å². The van der Waals surface area contributed by atoms with Gasteiger partial charge in [0.1, 0.15) is 0 Å². The molecule has 5 N–H and O–H groups in total. The predicted molar refractivity (Wildman–Crippen MR) is 115 cm³/mol. The molecule has 16 heteroatoms. The third-order valence-corrected chi connectivity index (χ3v) is 8.74. The summed E-state index contributed by atoms with van der Waals surface area (Å²) in [5, 5.41) is 0. The van der Waals surface area contributed by atoms with Crippen LogP contribution in [0.1, 0.15) is 20.1 Å². The van der Waals surface area contributed by atoms with E-state index in [-0.39, 0.29) is 24.4 Å². The van der Waals surface area contributed by atoms with E-state index >= 15 is 0 Å². The van der Waals surface area contributed by atoms with Crippen molar-refractivity contribution in [1.82, 2.24) is 18.9 Å². The number of aryl methyl sites for hydroxylation is 1. The number of anilines is 1. The number of rotatable bonds is 7. The summed E-state index contributed by atoms with van der Waals surface area (Å²) in [4.78, 5) is 38.9. The zero-order valence-electron chi connectivity index (χ0n) is 18.0. The number of hydrogen-bond donors (Lipinski definition) is 4.